The van der Waals surface area contributed by atoms with E-state index in [4.69, 9.17) is 5.73 Å². The van der Waals surface area contributed by atoms with Crippen LogP contribution in [0.5, 0.6) is 0 Å². The van der Waals surface area contributed by atoms with Crippen LogP contribution in [0.15, 0.2) is 4.79 Å². The average Bonchev–Trinajstić information content (AvgIpc) is 2.47. The van der Waals surface area contributed by atoms with Gasteiger partial charge in [0.1, 0.15) is 5.82 Å². The highest BCUT2D eigenvalue weighted by atomic mass is 16.1. The Labute approximate surface area is 76.2 Å². The molecule has 1 aliphatic rings. The summed E-state index contributed by atoms with van der Waals surface area (Å²) in [6, 6.07) is 0. The molecule has 0 saturated carbocycles. The van der Waals surface area contributed by atoms with Gasteiger partial charge in [-0.1, -0.05) is 0 Å². The SMILES string of the molecule is Cc1nc2c(c(=O)[nH]1)C(CN)CC2. The monoisotopic (exact) mass is 179 g/mol. The molecule has 3 N–H and O–H groups in total. The van der Waals surface area contributed by atoms with E-state index in [0.29, 0.717) is 12.4 Å². The third-order valence-corrected chi connectivity index (χ3v) is 2.57. The van der Waals surface area contributed by atoms with Gasteiger partial charge in [-0.2, -0.15) is 0 Å². The van der Waals surface area contributed by atoms with Crippen molar-refractivity contribution in [3.05, 3.63) is 27.4 Å². The molecular weight excluding hydrogens is 166 g/mol. The lowest BCUT2D eigenvalue weighted by molar-refractivity contribution is 0.683. The first-order valence-corrected chi connectivity index (χ1v) is 4.52. The number of hydrogen-bond acceptors (Lipinski definition) is 3. The summed E-state index contributed by atoms with van der Waals surface area (Å²) in [5.41, 5.74) is 7.33. The Hall–Kier alpha value is -1.16. The molecule has 13 heavy (non-hydrogen) atoms. The fourth-order valence-corrected chi connectivity index (χ4v) is 1.96. The number of nitrogens with one attached hydrogen (secondary N) is 1. The van der Waals surface area contributed by atoms with E-state index in [1.807, 2.05) is 0 Å². The molecule has 0 saturated heterocycles. The van der Waals surface area contributed by atoms with Crippen molar-refractivity contribution in [2.24, 2.45) is 5.73 Å². The van der Waals surface area contributed by atoms with Crippen molar-refractivity contribution >= 4 is 0 Å². The molecule has 1 aromatic heterocycles. The molecule has 0 fully saturated rings. The summed E-state index contributed by atoms with van der Waals surface area (Å²) < 4.78 is 0. The van der Waals surface area contributed by atoms with Crippen LogP contribution in [0.1, 0.15) is 29.4 Å². The number of aryl methyl sites for hydroxylation is 2. The second-order valence-corrected chi connectivity index (χ2v) is 3.48. The summed E-state index contributed by atoms with van der Waals surface area (Å²) in [7, 11) is 0. The zero-order chi connectivity index (χ0) is 9.42. The van der Waals surface area contributed by atoms with Crippen LogP contribution in [0.2, 0.25) is 0 Å². The quantitative estimate of drug-likeness (QED) is 0.640. The highest BCUT2D eigenvalue weighted by Crippen LogP contribution is 2.27. The normalized spacial score (nSPS) is 20.3. The summed E-state index contributed by atoms with van der Waals surface area (Å²) in [5.74, 6) is 0.910. The Bertz CT molecular complexity index is 383. The van der Waals surface area contributed by atoms with Gasteiger partial charge in [-0.15, -0.1) is 0 Å². The molecular formula is C9H13N3O. The minimum absolute atomic E-state index is 0.00421. The van der Waals surface area contributed by atoms with Gasteiger partial charge in [0.2, 0.25) is 0 Å². The molecule has 0 radical (unpaired) electrons. The van der Waals surface area contributed by atoms with Crippen LogP contribution in [-0.2, 0) is 6.42 Å². The van der Waals surface area contributed by atoms with Crippen LogP contribution < -0.4 is 11.3 Å². The lowest BCUT2D eigenvalue weighted by atomic mass is 10.1. The van der Waals surface area contributed by atoms with Crippen molar-refractivity contribution in [1.82, 2.24) is 9.97 Å². The van der Waals surface area contributed by atoms with Gasteiger partial charge in [0.15, 0.2) is 0 Å². The van der Waals surface area contributed by atoms with Crippen LogP contribution in [0, 0.1) is 6.92 Å². The van der Waals surface area contributed by atoms with Crippen LogP contribution in [0.3, 0.4) is 0 Å². The maximum Gasteiger partial charge on any atom is 0.254 e. The smallest absolute Gasteiger partial charge is 0.254 e. The number of fused-ring (bicyclic) bond motifs is 1. The van der Waals surface area contributed by atoms with E-state index in [1.54, 1.807) is 6.92 Å². The number of rotatable bonds is 1. The van der Waals surface area contributed by atoms with Crippen molar-refractivity contribution in [2.45, 2.75) is 25.7 Å². The van der Waals surface area contributed by atoms with E-state index in [-0.39, 0.29) is 11.5 Å². The van der Waals surface area contributed by atoms with E-state index in [1.165, 1.54) is 0 Å². The van der Waals surface area contributed by atoms with Crippen LogP contribution in [-0.4, -0.2) is 16.5 Å². The van der Waals surface area contributed by atoms with Crippen molar-refractivity contribution in [3.8, 4) is 0 Å². The minimum Gasteiger partial charge on any atom is -0.330 e. The second-order valence-electron chi connectivity index (χ2n) is 3.48. The van der Waals surface area contributed by atoms with Gasteiger partial charge >= 0.3 is 0 Å². The highest BCUT2D eigenvalue weighted by molar-refractivity contribution is 5.27. The Balaban J connectivity index is 2.58. The molecule has 0 aromatic carbocycles. The van der Waals surface area contributed by atoms with Gasteiger partial charge in [-0.3, -0.25) is 4.79 Å². The topological polar surface area (TPSA) is 71.8 Å². The van der Waals surface area contributed by atoms with Crippen molar-refractivity contribution in [3.63, 3.8) is 0 Å². The maximum atomic E-state index is 11.6. The standard InChI is InChI=1S/C9H13N3O/c1-5-11-7-3-2-6(4-10)8(7)9(13)12-5/h6H,2-4,10H2,1H3,(H,11,12,13). The summed E-state index contributed by atoms with van der Waals surface area (Å²) in [5, 5.41) is 0. The first kappa shape index (κ1) is 8.44. The number of nitrogens with two attached hydrogens (primary N) is 1. The Morgan fingerprint density at radius 3 is 3.15 bits per heavy atom. The molecule has 1 aromatic rings. The van der Waals surface area contributed by atoms with Crippen LogP contribution in [0.4, 0.5) is 0 Å². The molecule has 0 aliphatic heterocycles. The third-order valence-electron chi connectivity index (χ3n) is 2.57. The molecule has 1 aliphatic carbocycles. The van der Waals surface area contributed by atoms with Gasteiger partial charge < -0.3 is 10.7 Å². The predicted octanol–water partition coefficient (Wildman–Crippen LogP) is 0.0668. The first-order valence-electron chi connectivity index (χ1n) is 4.52. The van der Waals surface area contributed by atoms with E-state index in [9.17, 15) is 4.79 Å². The van der Waals surface area contributed by atoms with Gasteiger partial charge in [0.05, 0.1) is 5.69 Å². The highest BCUT2D eigenvalue weighted by Gasteiger charge is 2.25. The fourth-order valence-electron chi connectivity index (χ4n) is 1.96. The molecule has 1 unspecified atom stereocenters. The number of nitrogens with zero attached hydrogens (tertiary/aromatic N) is 1. The second kappa shape index (κ2) is 2.96. The minimum atomic E-state index is -0.00421. The van der Waals surface area contributed by atoms with Gasteiger partial charge in [-0.25, -0.2) is 4.98 Å². The number of hydrogen-bond donors (Lipinski definition) is 2. The summed E-state index contributed by atoms with van der Waals surface area (Å²) in [4.78, 5) is 18.6. The summed E-state index contributed by atoms with van der Waals surface area (Å²) in [6.45, 7) is 2.35. The predicted molar refractivity (Wildman–Crippen MR) is 49.7 cm³/mol. The molecule has 1 atom stereocenters. The van der Waals surface area contributed by atoms with E-state index in [0.717, 1.165) is 24.1 Å². The first-order chi connectivity index (χ1) is 6.22. The van der Waals surface area contributed by atoms with Crippen LogP contribution in [0.25, 0.3) is 0 Å². The Morgan fingerprint density at radius 1 is 1.69 bits per heavy atom. The molecule has 1 heterocycles. The largest absolute Gasteiger partial charge is 0.330 e. The van der Waals surface area contributed by atoms with Crippen LogP contribution >= 0.6 is 0 Å². The molecule has 4 heteroatoms. The zero-order valence-electron chi connectivity index (χ0n) is 7.63. The Morgan fingerprint density at radius 2 is 2.46 bits per heavy atom. The molecule has 0 amide bonds. The van der Waals surface area contributed by atoms with Gasteiger partial charge in [-0.05, 0) is 26.3 Å². The van der Waals surface area contributed by atoms with Crippen molar-refractivity contribution < 1.29 is 0 Å². The molecule has 70 valence electrons. The molecule has 0 bridgehead atoms. The van der Waals surface area contributed by atoms with E-state index in [2.05, 4.69) is 9.97 Å². The molecule has 2 rings (SSSR count). The van der Waals surface area contributed by atoms with Crippen molar-refractivity contribution in [1.29, 1.82) is 0 Å². The molecule has 0 spiro atoms. The van der Waals surface area contributed by atoms with Crippen molar-refractivity contribution in [2.75, 3.05) is 6.54 Å². The lowest BCUT2D eigenvalue weighted by Crippen LogP contribution is -2.21. The molecule has 4 nitrogen and oxygen atoms in total. The summed E-state index contributed by atoms with van der Waals surface area (Å²) >= 11 is 0. The average molecular weight is 179 g/mol. The maximum absolute atomic E-state index is 11.6. The van der Waals surface area contributed by atoms with Gasteiger partial charge in [0, 0.05) is 11.5 Å². The lowest BCUT2D eigenvalue weighted by Gasteiger charge is -2.05. The van der Waals surface area contributed by atoms with Gasteiger partial charge in [0.25, 0.3) is 5.56 Å². The fraction of sp³-hybridized carbons (Fsp3) is 0.556. The van der Waals surface area contributed by atoms with E-state index < -0.39 is 0 Å². The van der Waals surface area contributed by atoms with E-state index >= 15 is 0 Å². The third kappa shape index (κ3) is 1.27. The number of aromatic amines is 1. The number of aromatic nitrogens is 2. The zero-order valence-corrected chi connectivity index (χ0v) is 7.63. The Kier molecular flexibility index (Phi) is 1.92. The summed E-state index contributed by atoms with van der Waals surface area (Å²) in [6.07, 6.45) is 1.85. The number of H-pyrrole nitrogens is 1.